The number of nitrogens with one attached hydrogen (secondary N) is 1. The largest absolute Gasteiger partial charge is 0.454 e. The number of fused-ring (bicyclic) bond motifs is 1. The molecule has 2 aromatic rings. The van der Waals surface area contributed by atoms with Gasteiger partial charge >= 0.3 is 6.03 Å². The van der Waals surface area contributed by atoms with E-state index in [1.807, 2.05) is 24.3 Å². The lowest BCUT2D eigenvalue weighted by atomic mass is 9.91. The van der Waals surface area contributed by atoms with Gasteiger partial charge < -0.3 is 14.8 Å². The summed E-state index contributed by atoms with van der Waals surface area (Å²) in [5, 5.41) is 2.80. The van der Waals surface area contributed by atoms with Crippen LogP contribution in [0, 0.1) is 0 Å². The Balaban J connectivity index is 1.62. The Morgan fingerprint density at radius 2 is 1.84 bits per heavy atom. The number of urea groups is 1. The van der Waals surface area contributed by atoms with E-state index in [0.717, 1.165) is 10.0 Å². The lowest BCUT2D eigenvalue weighted by molar-refractivity contribution is -0.131. The molecule has 1 unspecified atom stereocenters. The number of carbonyl (C=O) groups is 2. The molecule has 3 amide bonds. The van der Waals surface area contributed by atoms with Crippen LogP contribution < -0.4 is 14.8 Å². The summed E-state index contributed by atoms with van der Waals surface area (Å²) in [6.45, 7) is 2.08. The highest BCUT2D eigenvalue weighted by atomic mass is 79.9. The van der Waals surface area contributed by atoms with Crippen LogP contribution in [0.15, 0.2) is 46.9 Å². The van der Waals surface area contributed by atoms with Crippen molar-refractivity contribution in [2.45, 2.75) is 19.0 Å². The molecule has 2 aliphatic rings. The number of amides is 3. The minimum atomic E-state index is -1.13. The second-order valence-electron chi connectivity index (χ2n) is 6.14. The summed E-state index contributed by atoms with van der Waals surface area (Å²) in [6.07, 6.45) is 0. The summed E-state index contributed by atoms with van der Waals surface area (Å²) in [5.41, 5.74) is 0.406. The van der Waals surface area contributed by atoms with Gasteiger partial charge in [-0.2, -0.15) is 0 Å². The zero-order valence-electron chi connectivity index (χ0n) is 13.4. The van der Waals surface area contributed by atoms with E-state index in [1.54, 1.807) is 25.1 Å². The maximum atomic E-state index is 13.0. The number of rotatable bonds is 3. The van der Waals surface area contributed by atoms with Crippen molar-refractivity contribution in [1.29, 1.82) is 0 Å². The fraction of sp³-hybridized carbons (Fsp3) is 0.222. The van der Waals surface area contributed by atoms with Gasteiger partial charge in [0, 0.05) is 4.47 Å². The topological polar surface area (TPSA) is 67.9 Å². The van der Waals surface area contributed by atoms with Gasteiger partial charge in [-0.25, -0.2) is 4.79 Å². The minimum Gasteiger partial charge on any atom is -0.454 e. The first-order valence-corrected chi connectivity index (χ1v) is 8.55. The van der Waals surface area contributed by atoms with E-state index in [2.05, 4.69) is 21.2 Å². The number of benzene rings is 2. The normalized spacial score (nSPS) is 21.6. The highest BCUT2D eigenvalue weighted by molar-refractivity contribution is 9.10. The van der Waals surface area contributed by atoms with E-state index < -0.39 is 11.6 Å². The number of hydrogen-bond donors (Lipinski definition) is 1. The highest BCUT2D eigenvalue weighted by Crippen LogP contribution is 2.38. The number of imide groups is 1. The average Bonchev–Trinajstić information content (AvgIpc) is 3.15. The van der Waals surface area contributed by atoms with E-state index in [0.29, 0.717) is 17.1 Å². The molecule has 0 aliphatic carbocycles. The van der Waals surface area contributed by atoms with Gasteiger partial charge in [0.15, 0.2) is 11.5 Å². The number of ether oxygens (including phenoxy) is 2. The molecule has 4 rings (SSSR count). The molecular weight excluding hydrogens is 388 g/mol. The van der Waals surface area contributed by atoms with Crippen LogP contribution in [0.25, 0.3) is 0 Å². The molecule has 0 spiro atoms. The Morgan fingerprint density at radius 3 is 2.60 bits per heavy atom. The Kier molecular flexibility index (Phi) is 3.68. The average molecular weight is 403 g/mol. The predicted octanol–water partition coefficient (Wildman–Crippen LogP) is 3.15. The SMILES string of the molecule is CC1(c2ccc3c(c2)OCO3)NC(=O)N(Cc2ccc(Br)cc2)C1=O. The molecule has 2 heterocycles. The first-order chi connectivity index (χ1) is 12.0. The van der Waals surface area contributed by atoms with Crippen molar-refractivity contribution < 1.29 is 19.1 Å². The van der Waals surface area contributed by atoms with Gasteiger partial charge in [-0.05, 0) is 42.3 Å². The molecule has 1 atom stereocenters. The molecule has 1 N–H and O–H groups in total. The molecule has 25 heavy (non-hydrogen) atoms. The highest BCUT2D eigenvalue weighted by Gasteiger charge is 2.49. The molecule has 7 heteroatoms. The fourth-order valence-corrected chi connectivity index (χ4v) is 3.28. The number of nitrogens with zero attached hydrogens (tertiary/aromatic N) is 1. The molecular formula is C18H15BrN2O4. The molecule has 0 bridgehead atoms. The van der Waals surface area contributed by atoms with Gasteiger partial charge in [0.25, 0.3) is 5.91 Å². The lowest BCUT2D eigenvalue weighted by Crippen LogP contribution is -2.40. The summed E-state index contributed by atoms with van der Waals surface area (Å²) < 4.78 is 11.6. The van der Waals surface area contributed by atoms with E-state index in [9.17, 15) is 9.59 Å². The van der Waals surface area contributed by atoms with Crippen molar-refractivity contribution in [3.05, 3.63) is 58.1 Å². The monoisotopic (exact) mass is 402 g/mol. The van der Waals surface area contributed by atoms with Gasteiger partial charge in [0.2, 0.25) is 6.79 Å². The van der Waals surface area contributed by atoms with E-state index >= 15 is 0 Å². The standard InChI is InChI=1S/C18H15BrN2O4/c1-18(12-4-7-14-15(8-12)25-10-24-14)16(22)21(17(23)20-18)9-11-2-5-13(19)6-3-11/h2-8H,9-10H2,1H3,(H,20,23). The minimum absolute atomic E-state index is 0.158. The van der Waals surface area contributed by atoms with Gasteiger partial charge in [-0.3, -0.25) is 9.69 Å². The molecule has 128 valence electrons. The number of carbonyl (C=O) groups excluding carboxylic acids is 2. The third-order valence-corrected chi connectivity index (χ3v) is 5.01. The predicted molar refractivity (Wildman–Crippen MR) is 93.1 cm³/mol. The molecule has 1 fully saturated rings. The Morgan fingerprint density at radius 1 is 1.12 bits per heavy atom. The first kappa shape index (κ1) is 16.0. The molecule has 2 aliphatic heterocycles. The molecule has 0 saturated carbocycles. The van der Waals surface area contributed by atoms with Crippen molar-refractivity contribution in [2.75, 3.05) is 6.79 Å². The van der Waals surface area contributed by atoms with E-state index in [4.69, 9.17) is 9.47 Å². The number of halogens is 1. The summed E-state index contributed by atoms with van der Waals surface area (Å²) in [5.74, 6) is 0.919. The zero-order chi connectivity index (χ0) is 17.6. The summed E-state index contributed by atoms with van der Waals surface area (Å²) in [6, 6.07) is 12.4. The van der Waals surface area contributed by atoms with Crippen molar-refractivity contribution >= 4 is 27.9 Å². The van der Waals surface area contributed by atoms with Crippen LogP contribution in [0.4, 0.5) is 4.79 Å². The van der Waals surface area contributed by atoms with Crippen molar-refractivity contribution in [3.8, 4) is 11.5 Å². The van der Waals surface area contributed by atoms with Crippen LogP contribution in [0.2, 0.25) is 0 Å². The summed E-state index contributed by atoms with van der Waals surface area (Å²) >= 11 is 3.37. The number of hydrogen-bond acceptors (Lipinski definition) is 4. The van der Waals surface area contributed by atoms with Crippen LogP contribution >= 0.6 is 15.9 Å². The zero-order valence-corrected chi connectivity index (χ0v) is 15.0. The Labute approximate surface area is 152 Å². The second-order valence-corrected chi connectivity index (χ2v) is 7.06. The van der Waals surface area contributed by atoms with Crippen LogP contribution in [0.3, 0.4) is 0 Å². The smallest absolute Gasteiger partial charge is 0.325 e. The molecule has 6 nitrogen and oxygen atoms in total. The van der Waals surface area contributed by atoms with E-state index in [1.165, 1.54) is 4.90 Å². The van der Waals surface area contributed by atoms with Gasteiger partial charge in [0.1, 0.15) is 5.54 Å². The van der Waals surface area contributed by atoms with Crippen LogP contribution in [0.1, 0.15) is 18.1 Å². The van der Waals surface area contributed by atoms with Crippen LogP contribution in [-0.2, 0) is 16.9 Å². The lowest BCUT2D eigenvalue weighted by Gasteiger charge is -2.22. The van der Waals surface area contributed by atoms with Crippen molar-refractivity contribution in [1.82, 2.24) is 10.2 Å². The second kappa shape index (κ2) is 5.77. The first-order valence-electron chi connectivity index (χ1n) is 7.76. The van der Waals surface area contributed by atoms with Gasteiger partial charge in [-0.15, -0.1) is 0 Å². The van der Waals surface area contributed by atoms with Crippen LogP contribution in [-0.4, -0.2) is 23.6 Å². The van der Waals surface area contributed by atoms with Gasteiger partial charge in [-0.1, -0.05) is 34.1 Å². The quantitative estimate of drug-likeness (QED) is 0.800. The molecule has 0 radical (unpaired) electrons. The molecule has 0 aromatic heterocycles. The van der Waals surface area contributed by atoms with Crippen LogP contribution in [0.5, 0.6) is 11.5 Å². The fourth-order valence-electron chi connectivity index (χ4n) is 3.02. The van der Waals surface area contributed by atoms with E-state index in [-0.39, 0.29) is 19.2 Å². The Bertz CT molecular complexity index is 868. The van der Waals surface area contributed by atoms with Crippen molar-refractivity contribution in [3.63, 3.8) is 0 Å². The summed E-state index contributed by atoms with van der Waals surface area (Å²) in [7, 11) is 0. The van der Waals surface area contributed by atoms with Crippen molar-refractivity contribution in [2.24, 2.45) is 0 Å². The van der Waals surface area contributed by atoms with Gasteiger partial charge in [0.05, 0.1) is 6.54 Å². The summed E-state index contributed by atoms with van der Waals surface area (Å²) in [4.78, 5) is 26.6. The molecule has 2 aromatic carbocycles. The maximum Gasteiger partial charge on any atom is 0.325 e. The maximum absolute atomic E-state index is 13.0. The third kappa shape index (κ3) is 2.64. The molecule has 1 saturated heterocycles. The third-order valence-electron chi connectivity index (χ3n) is 4.48. The Hall–Kier alpha value is -2.54.